The summed E-state index contributed by atoms with van der Waals surface area (Å²) >= 11 is 7.11. The van der Waals surface area contributed by atoms with Crippen LogP contribution >= 0.6 is 11.6 Å². The predicted molar refractivity (Wildman–Crippen MR) is 155 cm³/mol. The first kappa shape index (κ1) is 25.6. The second kappa shape index (κ2) is 8.83. The summed E-state index contributed by atoms with van der Waals surface area (Å²) in [5, 5.41) is 14.6. The Labute approximate surface area is 239 Å². The summed E-state index contributed by atoms with van der Waals surface area (Å²) < 4.78 is 2.22. The molecule has 2 aliphatic heterocycles. The van der Waals surface area contributed by atoms with Crippen molar-refractivity contribution >= 4 is 40.1 Å². The summed E-state index contributed by atoms with van der Waals surface area (Å²) in [6.45, 7) is 13.3. The highest BCUT2D eigenvalue weighted by Crippen LogP contribution is 2.56. The average molecular weight is 562 g/mol. The van der Waals surface area contributed by atoms with Gasteiger partial charge in [0, 0.05) is 67.3 Å². The number of carbonyl (C=O) groups is 2. The van der Waals surface area contributed by atoms with Crippen molar-refractivity contribution < 1.29 is 9.59 Å². The van der Waals surface area contributed by atoms with Gasteiger partial charge in [0.15, 0.2) is 5.82 Å². The van der Waals surface area contributed by atoms with E-state index >= 15 is 0 Å². The Bertz CT molecular complexity index is 1550. The Hall–Kier alpha value is -3.33. The number of nitrogens with one attached hydrogen (secondary N) is 1. The van der Waals surface area contributed by atoms with Gasteiger partial charge >= 0.3 is 0 Å². The zero-order chi connectivity index (χ0) is 28.0. The fourth-order valence-electron chi connectivity index (χ4n) is 7.79. The van der Waals surface area contributed by atoms with Crippen molar-refractivity contribution in [2.75, 3.05) is 37.6 Å². The molecule has 7 rings (SSSR count). The first-order chi connectivity index (χ1) is 19.2. The quantitative estimate of drug-likeness (QED) is 0.469. The van der Waals surface area contributed by atoms with Crippen molar-refractivity contribution in [3.05, 3.63) is 41.2 Å². The molecule has 2 saturated heterocycles. The molecule has 2 aliphatic carbocycles. The van der Waals surface area contributed by atoms with E-state index in [-0.39, 0.29) is 28.8 Å². The van der Waals surface area contributed by atoms with Gasteiger partial charge in [0.1, 0.15) is 0 Å². The Balaban J connectivity index is 1.32. The number of rotatable bonds is 4. The number of hydrogen-bond donors (Lipinski definition) is 1. The number of aromatic amines is 1. The van der Waals surface area contributed by atoms with Crippen molar-refractivity contribution in [1.29, 1.82) is 0 Å². The number of anilines is 1. The van der Waals surface area contributed by atoms with E-state index in [0.29, 0.717) is 6.54 Å². The molecule has 4 fully saturated rings. The van der Waals surface area contributed by atoms with E-state index in [2.05, 4.69) is 39.3 Å². The minimum Gasteiger partial charge on any atom is -0.345 e. The van der Waals surface area contributed by atoms with Crippen LogP contribution in [0.5, 0.6) is 0 Å². The molecular formula is C30H36ClN7O2. The molecule has 1 aromatic carbocycles. The lowest BCUT2D eigenvalue weighted by Crippen LogP contribution is -2.66. The van der Waals surface area contributed by atoms with E-state index in [1.807, 2.05) is 22.9 Å². The van der Waals surface area contributed by atoms with Crippen molar-refractivity contribution in [2.45, 2.75) is 64.5 Å². The second-order valence-electron chi connectivity index (χ2n) is 12.6. The predicted octanol–water partition coefficient (Wildman–Crippen LogP) is 4.64. The van der Waals surface area contributed by atoms with Gasteiger partial charge in [-0.15, -0.1) is 0 Å². The molecule has 40 heavy (non-hydrogen) atoms. The molecule has 0 unspecified atom stereocenters. The van der Waals surface area contributed by atoms with Crippen LogP contribution in [0.4, 0.5) is 5.82 Å². The maximum absolute atomic E-state index is 12.4. The average Bonchev–Trinajstić information content (AvgIpc) is 3.46. The maximum atomic E-state index is 12.4. The van der Waals surface area contributed by atoms with Crippen LogP contribution in [-0.4, -0.2) is 79.9 Å². The SMILES string of the molecule is C=CC(=O)N1CC2(CC(n3nc(N4CCN(C(C)=O)CC45CCC5)c(-c4c(Cl)c(C)cc5[nH]ncc45)c3C)C2)C1. The minimum atomic E-state index is -0.101. The van der Waals surface area contributed by atoms with Gasteiger partial charge in [-0.25, -0.2) is 0 Å². The minimum absolute atomic E-state index is 0.0163. The largest absolute Gasteiger partial charge is 0.345 e. The molecule has 0 bridgehead atoms. The Morgan fingerprint density at radius 1 is 1.12 bits per heavy atom. The fraction of sp³-hybridized carbons (Fsp3) is 0.533. The van der Waals surface area contributed by atoms with Crippen LogP contribution in [0.2, 0.25) is 5.02 Å². The molecule has 2 saturated carbocycles. The molecule has 10 heteroatoms. The van der Waals surface area contributed by atoms with Gasteiger partial charge in [0.25, 0.3) is 0 Å². The highest BCUT2D eigenvalue weighted by atomic mass is 35.5. The lowest BCUT2D eigenvalue weighted by molar-refractivity contribution is -0.149. The molecule has 1 N–H and O–H groups in total. The number of likely N-dealkylation sites (tertiary alicyclic amines) is 1. The molecule has 0 radical (unpaired) electrons. The number of halogens is 1. The van der Waals surface area contributed by atoms with Gasteiger partial charge in [-0.2, -0.15) is 10.2 Å². The van der Waals surface area contributed by atoms with Gasteiger partial charge < -0.3 is 14.7 Å². The molecule has 9 nitrogen and oxygen atoms in total. The third-order valence-corrected chi connectivity index (χ3v) is 10.6. The van der Waals surface area contributed by atoms with Crippen molar-refractivity contribution in [1.82, 2.24) is 29.8 Å². The summed E-state index contributed by atoms with van der Waals surface area (Å²) in [5.41, 5.74) is 5.19. The number of benzene rings is 1. The summed E-state index contributed by atoms with van der Waals surface area (Å²) in [6.07, 6.45) is 8.52. The van der Waals surface area contributed by atoms with Crippen LogP contribution in [0.1, 0.15) is 56.3 Å². The lowest BCUT2D eigenvalue weighted by atomic mass is 9.60. The number of aryl methyl sites for hydroxylation is 1. The molecule has 3 aromatic rings. The van der Waals surface area contributed by atoms with Crippen LogP contribution in [0.15, 0.2) is 24.9 Å². The molecule has 210 valence electrons. The molecule has 4 aliphatic rings. The van der Waals surface area contributed by atoms with Crippen LogP contribution in [0.3, 0.4) is 0 Å². The van der Waals surface area contributed by atoms with Crippen LogP contribution in [0.25, 0.3) is 22.0 Å². The standard InChI is InChI=1S/C30H36ClN7O2/c1-5-24(40)36-15-29(16-36)12-21(13-29)38-19(3)25(26-22-14-32-33-23(22)11-18(2)27(26)31)28(34-38)37-10-9-35(20(4)39)17-30(37)7-6-8-30/h5,11,14,21H,1,6-10,12-13,15-17H2,2-4H3,(H,32,33). The highest BCUT2D eigenvalue weighted by Gasteiger charge is 2.55. The first-order valence-electron chi connectivity index (χ1n) is 14.3. The molecule has 2 amide bonds. The Morgan fingerprint density at radius 3 is 2.52 bits per heavy atom. The number of piperazine rings is 1. The smallest absolute Gasteiger partial charge is 0.245 e. The normalized spacial score (nSPS) is 21.4. The van der Waals surface area contributed by atoms with Gasteiger partial charge in [0.2, 0.25) is 11.8 Å². The van der Waals surface area contributed by atoms with Gasteiger partial charge in [-0.05, 0) is 63.7 Å². The molecule has 0 atom stereocenters. The number of carbonyl (C=O) groups excluding carboxylic acids is 2. The Morgan fingerprint density at radius 2 is 1.88 bits per heavy atom. The number of hydrogen-bond acceptors (Lipinski definition) is 5. The number of nitrogens with zero attached hydrogens (tertiary/aromatic N) is 6. The van der Waals surface area contributed by atoms with E-state index in [0.717, 1.165) is 102 Å². The second-order valence-corrected chi connectivity index (χ2v) is 13.0. The van der Waals surface area contributed by atoms with Crippen molar-refractivity contribution in [2.24, 2.45) is 5.41 Å². The van der Waals surface area contributed by atoms with Gasteiger partial charge in [-0.3, -0.25) is 19.4 Å². The van der Waals surface area contributed by atoms with E-state index in [9.17, 15) is 9.59 Å². The third-order valence-electron chi connectivity index (χ3n) is 10.1. The highest BCUT2D eigenvalue weighted by molar-refractivity contribution is 6.36. The Kier molecular flexibility index (Phi) is 5.66. The van der Waals surface area contributed by atoms with Crippen LogP contribution in [0, 0.1) is 19.3 Å². The third kappa shape index (κ3) is 3.59. The summed E-state index contributed by atoms with van der Waals surface area (Å²) in [5.74, 6) is 1.12. The van der Waals surface area contributed by atoms with Crippen molar-refractivity contribution in [3.8, 4) is 11.1 Å². The maximum Gasteiger partial charge on any atom is 0.245 e. The zero-order valence-electron chi connectivity index (χ0n) is 23.5. The summed E-state index contributed by atoms with van der Waals surface area (Å²) in [7, 11) is 0. The fourth-order valence-corrected chi connectivity index (χ4v) is 8.05. The zero-order valence-corrected chi connectivity index (χ0v) is 24.2. The van der Waals surface area contributed by atoms with E-state index in [4.69, 9.17) is 16.7 Å². The molecular weight excluding hydrogens is 526 g/mol. The first-order valence-corrected chi connectivity index (χ1v) is 14.7. The molecule has 4 heterocycles. The number of amides is 2. The lowest BCUT2D eigenvalue weighted by Gasteiger charge is -2.58. The van der Waals surface area contributed by atoms with Gasteiger partial charge in [-0.1, -0.05) is 18.2 Å². The van der Waals surface area contributed by atoms with Crippen molar-refractivity contribution in [3.63, 3.8) is 0 Å². The number of H-pyrrole nitrogens is 1. The number of aromatic nitrogens is 4. The topological polar surface area (TPSA) is 90.4 Å². The van der Waals surface area contributed by atoms with Crippen LogP contribution < -0.4 is 4.90 Å². The number of fused-ring (bicyclic) bond motifs is 1. The van der Waals surface area contributed by atoms with Crippen LogP contribution in [-0.2, 0) is 9.59 Å². The summed E-state index contributed by atoms with van der Waals surface area (Å²) in [4.78, 5) is 30.8. The molecule has 2 aromatic heterocycles. The van der Waals surface area contributed by atoms with E-state index in [1.165, 1.54) is 6.08 Å². The monoisotopic (exact) mass is 561 g/mol. The molecule has 2 spiro atoms. The van der Waals surface area contributed by atoms with E-state index < -0.39 is 0 Å². The van der Waals surface area contributed by atoms with Gasteiger partial charge in [0.05, 0.1) is 28.3 Å². The summed E-state index contributed by atoms with van der Waals surface area (Å²) in [6, 6.07) is 2.32. The van der Waals surface area contributed by atoms with E-state index in [1.54, 1.807) is 6.92 Å².